The second-order valence-electron chi connectivity index (χ2n) is 9.10. The highest BCUT2D eigenvalue weighted by Gasteiger charge is 2.28. The molecule has 0 saturated carbocycles. The van der Waals surface area contributed by atoms with Crippen molar-refractivity contribution in [3.63, 3.8) is 0 Å². The summed E-state index contributed by atoms with van der Waals surface area (Å²) >= 11 is 1.89. The average Bonchev–Trinajstić information content (AvgIpc) is 2.92. The van der Waals surface area contributed by atoms with Gasteiger partial charge in [0.15, 0.2) is 13.1 Å². The molecule has 0 amide bonds. The molecule has 6 rings (SSSR count). The fourth-order valence-corrected chi connectivity index (χ4v) is 6.44. The molecular formula is C26H33N4O3S+. The van der Waals surface area contributed by atoms with E-state index in [4.69, 9.17) is 19.2 Å². The first-order valence-corrected chi connectivity index (χ1v) is 13.3. The highest BCUT2D eigenvalue weighted by Crippen LogP contribution is 2.38. The van der Waals surface area contributed by atoms with Crippen LogP contribution in [-0.4, -0.2) is 83.9 Å². The molecule has 4 aliphatic heterocycles. The van der Waals surface area contributed by atoms with E-state index in [1.165, 1.54) is 31.9 Å². The zero-order valence-electron chi connectivity index (χ0n) is 19.9. The van der Waals surface area contributed by atoms with Crippen LogP contribution in [0.4, 0.5) is 11.4 Å². The predicted molar refractivity (Wildman–Crippen MR) is 138 cm³/mol. The van der Waals surface area contributed by atoms with Gasteiger partial charge in [0, 0.05) is 37.4 Å². The highest BCUT2D eigenvalue weighted by atomic mass is 32.1. The summed E-state index contributed by atoms with van der Waals surface area (Å²) in [5.74, 6) is 0. The van der Waals surface area contributed by atoms with Crippen molar-refractivity contribution < 1.29 is 14.2 Å². The molecule has 0 aromatic heterocycles. The second-order valence-corrected chi connectivity index (χ2v) is 10.2. The van der Waals surface area contributed by atoms with Crippen LogP contribution in [0.25, 0.3) is 20.8 Å². The van der Waals surface area contributed by atoms with Gasteiger partial charge in [0.2, 0.25) is 5.36 Å². The van der Waals surface area contributed by atoms with Crippen molar-refractivity contribution in [1.29, 1.82) is 0 Å². The molecule has 0 bridgehead atoms. The first kappa shape index (κ1) is 22.2. The Morgan fingerprint density at radius 1 is 0.882 bits per heavy atom. The summed E-state index contributed by atoms with van der Waals surface area (Å²) in [5, 5.41) is 1.38. The molecule has 1 aromatic carbocycles. The highest BCUT2D eigenvalue weighted by molar-refractivity contribution is 7.22. The number of nitrogens with zero attached hydrogens (tertiary/aromatic N) is 4. The zero-order chi connectivity index (χ0) is 22.9. The second kappa shape index (κ2) is 9.77. The van der Waals surface area contributed by atoms with Crippen LogP contribution in [0.15, 0.2) is 24.3 Å². The van der Waals surface area contributed by atoms with Crippen molar-refractivity contribution in [1.82, 2.24) is 9.56 Å². The van der Waals surface area contributed by atoms with Crippen molar-refractivity contribution in [3.05, 3.63) is 35.2 Å². The Balaban J connectivity index is 1.59. The maximum atomic E-state index is 5.73. The van der Waals surface area contributed by atoms with Crippen LogP contribution in [0.1, 0.15) is 12.5 Å². The SMILES string of the molecule is CCc1cc2nc3ccc(N4CCOCC4)cc3sc-2c(N2CCOCC2)c1=[N+]1CCOCC1. The molecule has 5 aliphatic rings. The number of rotatable bonds is 3. The molecule has 0 N–H and O–H groups in total. The lowest BCUT2D eigenvalue weighted by molar-refractivity contribution is 0.0962. The van der Waals surface area contributed by atoms with Crippen LogP contribution in [-0.2, 0) is 20.6 Å². The number of hydrogen-bond acceptors (Lipinski definition) is 7. The van der Waals surface area contributed by atoms with Gasteiger partial charge in [-0.3, -0.25) is 0 Å². The maximum absolute atomic E-state index is 5.73. The van der Waals surface area contributed by atoms with Crippen LogP contribution < -0.4 is 19.7 Å². The largest absolute Gasteiger partial charge is 0.378 e. The third-order valence-electron chi connectivity index (χ3n) is 7.10. The van der Waals surface area contributed by atoms with Gasteiger partial charge in [-0.15, -0.1) is 11.3 Å². The number of ether oxygens (including phenoxy) is 3. The maximum Gasteiger partial charge on any atom is 0.228 e. The summed E-state index contributed by atoms with van der Waals surface area (Å²) in [6.45, 7) is 12.5. The van der Waals surface area contributed by atoms with Crippen LogP contribution in [0.5, 0.6) is 0 Å². The van der Waals surface area contributed by atoms with Crippen LogP contribution >= 0.6 is 11.3 Å². The normalized spacial score (nSPS) is 19.9. The quantitative estimate of drug-likeness (QED) is 0.423. The molecule has 7 nitrogen and oxygen atoms in total. The Kier molecular flexibility index (Phi) is 6.39. The first-order valence-electron chi connectivity index (χ1n) is 12.5. The van der Waals surface area contributed by atoms with Gasteiger partial charge in [0.05, 0.1) is 47.2 Å². The number of hydrogen-bond donors (Lipinski definition) is 0. The lowest BCUT2D eigenvalue weighted by Crippen LogP contribution is -2.46. The summed E-state index contributed by atoms with van der Waals surface area (Å²) in [7, 11) is 0. The van der Waals surface area contributed by atoms with E-state index >= 15 is 0 Å². The number of aryl methyl sites for hydroxylation is 1. The van der Waals surface area contributed by atoms with Gasteiger partial charge in [-0.2, -0.15) is 0 Å². The molecular weight excluding hydrogens is 448 g/mol. The molecule has 4 heterocycles. The molecule has 3 saturated heterocycles. The molecule has 1 aliphatic carbocycles. The number of fused-ring (bicyclic) bond motifs is 2. The molecule has 0 radical (unpaired) electrons. The Morgan fingerprint density at radius 2 is 1.56 bits per heavy atom. The molecule has 3 fully saturated rings. The molecule has 180 valence electrons. The molecule has 1 aromatic rings. The van der Waals surface area contributed by atoms with Gasteiger partial charge in [-0.1, -0.05) is 6.92 Å². The molecule has 0 atom stereocenters. The van der Waals surface area contributed by atoms with E-state index in [1.807, 2.05) is 11.3 Å². The van der Waals surface area contributed by atoms with Crippen molar-refractivity contribution in [2.24, 2.45) is 0 Å². The minimum atomic E-state index is 0.771. The van der Waals surface area contributed by atoms with E-state index in [0.717, 1.165) is 96.5 Å². The minimum absolute atomic E-state index is 0.771. The molecule has 8 heteroatoms. The van der Waals surface area contributed by atoms with Gasteiger partial charge in [-0.05, 0) is 30.7 Å². The lowest BCUT2D eigenvalue weighted by atomic mass is 10.0. The monoisotopic (exact) mass is 481 g/mol. The molecule has 0 spiro atoms. The average molecular weight is 482 g/mol. The Hall–Kier alpha value is -2.26. The standard InChI is InChI=1S/C26H33N4O3S/c1-2-19-17-22-26(25(30-9-15-33-16-10-30)24(19)29-7-13-32-14-8-29)34-23-18-20(3-4-21(23)27-22)28-5-11-31-12-6-28/h3-4,17-18H,2,5-16H2,1H3/q+1. The fourth-order valence-electron chi connectivity index (χ4n) is 5.29. The van der Waals surface area contributed by atoms with Crippen LogP contribution in [0, 0.1) is 0 Å². The summed E-state index contributed by atoms with van der Waals surface area (Å²) in [4.78, 5) is 11.4. The molecule has 34 heavy (non-hydrogen) atoms. The fraction of sp³-hybridized carbons (Fsp3) is 0.538. The van der Waals surface area contributed by atoms with Gasteiger partial charge in [0.1, 0.15) is 18.9 Å². The number of anilines is 2. The predicted octanol–water partition coefficient (Wildman–Crippen LogP) is 2.44. The van der Waals surface area contributed by atoms with E-state index in [9.17, 15) is 0 Å². The van der Waals surface area contributed by atoms with Gasteiger partial charge >= 0.3 is 0 Å². The number of benzene rings is 2. The minimum Gasteiger partial charge on any atom is -0.378 e. The van der Waals surface area contributed by atoms with E-state index in [0.29, 0.717) is 0 Å². The summed E-state index contributed by atoms with van der Waals surface area (Å²) in [6, 6.07) is 9.05. The van der Waals surface area contributed by atoms with Crippen molar-refractivity contribution >= 4 is 32.9 Å². The van der Waals surface area contributed by atoms with Gasteiger partial charge in [-0.25, -0.2) is 9.56 Å². The van der Waals surface area contributed by atoms with E-state index in [2.05, 4.69) is 45.6 Å². The van der Waals surface area contributed by atoms with Crippen molar-refractivity contribution in [2.75, 3.05) is 88.7 Å². The Bertz CT molecular complexity index is 1210. The Morgan fingerprint density at radius 3 is 2.26 bits per heavy atom. The zero-order valence-corrected chi connectivity index (χ0v) is 20.7. The van der Waals surface area contributed by atoms with Gasteiger partial charge < -0.3 is 24.0 Å². The summed E-state index contributed by atoms with van der Waals surface area (Å²) in [5.41, 5.74) is 6.16. The van der Waals surface area contributed by atoms with Gasteiger partial charge in [0.25, 0.3) is 0 Å². The number of morpholine rings is 3. The van der Waals surface area contributed by atoms with Crippen LogP contribution in [0.3, 0.4) is 0 Å². The van der Waals surface area contributed by atoms with E-state index in [1.54, 1.807) is 0 Å². The lowest BCUT2D eigenvalue weighted by Gasteiger charge is -2.31. The third kappa shape index (κ3) is 4.17. The van der Waals surface area contributed by atoms with E-state index < -0.39 is 0 Å². The van der Waals surface area contributed by atoms with Crippen molar-refractivity contribution in [2.45, 2.75) is 13.3 Å². The topological polar surface area (TPSA) is 50.1 Å². The third-order valence-corrected chi connectivity index (χ3v) is 8.25. The Labute approximate surface area is 204 Å². The van der Waals surface area contributed by atoms with Crippen LogP contribution in [0.2, 0.25) is 0 Å². The summed E-state index contributed by atoms with van der Waals surface area (Å²) < 4.78 is 20.8. The first-order chi connectivity index (χ1) is 16.8. The molecule has 0 unspecified atom stereocenters. The smallest absolute Gasteiger partial charge is 0.228 e. The van der Waals surface area contributed by atoms with E-state index in [-0.39, 0.29) is 0 Å². The van der Waals surface area contributed by atoms with Crippen molar-refractivity contribution in [3.8, 4) is 10.6 Å². The summed E-state index contributed by atoms with van der Waals surface area (Å²) in [6.07, 6.45) is 0.986. The number of aromatic nitrogens is 1.